The molecule has 4 aliphatic carbocycles. The summed E-state index contributed by atoms with van der Waals surface area (Å²) in [4.78, 5) is 65.3. The number of carbonyl (C=O) groups excluding carboxylic acids is 5. The molecule has 28 heteroatoms. The molecule has 1 aromatic rings. The van der Waals surface area contributed by atoms with Gasteiger partial charge in [-0.15, -0.1) is 0 Å². The zero-order valence-corrected chi connectivity index (χ0v) is 33.3. The molecule has 1 aliphatic heterocycles. The van der Waals surface area contributed by atoms with E-state index in [1.54, 1.807) is 0 Å². The van der Waals surface area contributed by atoms with Crippen LogP contribution in [0, 0.1) is 46.6 Å². The molecule has 4 saturated carbocycles. The Balaban J connectivity index is 1.26. The smallest absolute Gasteiger partial charge is 0.466 e. The summed E-state index contributed by atoms with van der Waals surface area (Å²) in [5.74, 6) is -20.2. The molecule has 0 aromatic heterocycles. The molecule has 4 bridgehead atoms. The van der Waals surface area contributed by atoms with Crippen LogP contribution in [0.15, 0.2) is 18.2 Å². The summed E-state index contributed by atoms with van der Waals surface area (Å²) in [7, 11) is -13.9. The number of ether oxygens (including phenoxy) is 4. The van der Waals surface area contributed by atoms with Crippen LogP contribution in [-0.4, -0.2) is 95.7 Å². The minimum Gasteiger partial charge on any atom is -0.613 e. The molecule has 9 atom stereocenters. The van der Waals surface area contributed by atoms with Gasteiger partial charge in [-0.3, -0.25) is 18.7 Å². The molecule has 9 unspecified atom stereocenters. The van der Waals surface area contributed by atoms with Gasteiger partial charge in [0, 0.05) is 11.8 Å². The fourth-order valence-electron chi connectivity index (χ4n) is 9.12. The Kier molecular flexibility index (Phi) is 12.1. The predicted molar refractivity (Wildman–Crippen MR) is 183 cm³/mol. The minimum atomic E-state index is -7.29. The van der Waals surface area contributed by atoms with E-state index in [0.29, 0.717) is 30.6 Å². The number of benzene rings is 1. The molecule has 5 fully saturated rings. The molecule has 3 N–H and O–H groups in total. The lowest BCUT2D eigenvalue weighted by Gasteiger charge is -2.42. The lowest BCUT2D eigenvalue weighted by atomic mass is 9.66. The second-order valence-electron chi connectivity index (χ2n) is 15.6. The number of fused-ring (bicyclic) bond motifs is 3. The van der Waals surface area contributed by atoms with Gasteiger partial charge in [0.25, 0.3) is 0 Å². The SMILES string of the molecule is CCC1CC2CC(C1)CC(OC(=O)C1C3CC4C(OC(=O)C41)C3OC(=O)c1cc(OC(=O)C(F)(F)S(=O)(=O)O)cc(C(=O)[NH+]([O-])SC(F)(F)C(F)(F)C(F)(F)S(=O)(=O)O)c1)C2. The van der Waals surface area contributed by atoms with Gasteiger partial charge in [0.15, 0.2) is 11.9 Å². The van der Waals surface area contributed by atoms with E-state index in [9.17, 15) is 81.1 Å². The maximum Gasteiger partial charge on any atom is 0.466 e. The number of alkyl halides is 8. The highest BCUT2D eigenvalue weighted by atomic mass is 32.2. The normalized spacial score (nSPS) is 30.7. The topological polar surface area (TPSA) is 259 Å². The Bertz CT molecular complexity index is 2220. The monoisotopic (exact) mass is 947 g/mol. The first kappa shape index (κ1) is 46.8. The van der Waals surface area contributed by atoms with E-state index < -0.39 is 147 Å². The molecule has 1 amide bonds. The van der Waals surface area contributed by atoms with Gasteiger partial charge in [-0.1, -0.05) is 13.3 Å². The van der Waals surface area contributed by atoms with Crippen molar-refractivity contribution in [1.29, 1.82) is 0 Å². The van der Waals surface area contributed by atoms with E-state index in [2.05, 4.69) is 11.7 Å². The van der Waals surface area contributed by atoms with Crippen molar-refractivity contribution in [1.82, 2.24) is 0 Å². The molecular weight excluding hydrogens is 915 g/mol. The van der Waals surface area contributed by atoms with Crippen LogP contribution in [0.1, 0.15) is 72.6 Å². The maximum atomic E-state index is 14.4. The molecule has 0 spiro atoms. The van der Waals surface area contributed by atoms with Gasteiger partial charge < -0.3 is 24.2 Å². The summed E-state index contributed by atoms with van der Waals surface area (Å²) in [6, 6.07) is 0.471. The highest BCUT2D eigenvalue weighted by Crippen LogP contribution is 2.59. The van der Waals surface area contributed by atoms with Crippen LogP contribution in [0.25, 0.3) is 0 Å². The lowest BCUT2D eigenvalue weighted by Crippen LogP contribution is -3.04. The van der Waals surface area contributed by atoms with Gasteiger partial charge in [-0.25, -0.2) is 18.9 Å². The summed E-state index contributed by atoms with van der Waals surface area (Å²) in [5, 5.41) is -6.76. The Hall–Kier alpha value is -3.70. The fraction of sp³-hybridized carbons (Fsp3) is 0.667. The van der Waals surface area contributed by atoms with Crippen molar-refractivity contribution in [2.75, 3.05) is 0 Å². The fourth-order valence-corrected chi connectivity index (χ4v) is 10.6. The molecule has 1 heterocycles. The van der Waals surface area contributed by atoms with Gasteiger partial charge >= 0.3 is 71.7 Å². The molecular formula is C33H33F8NO16S3. The molecule has 0 radical (unpaired) electrons. The molecule has 17 nitrogen and oxygen atoms in total. The molecule has 61 heavy (non-hydrogen) atoms. The summed E-state index contributed by atoms with van der Waals surface area (Å²) in [6.07, 6.45) is 2.03. The van der Waals surface area contributed by atoms with Gasteiger partial charge in [-0.2, -0.15) is 52.0 Å². The molecule has 6 rings (SSSR count). The third-order valence-electron chi connectivity index (χ3n) is 11.8. The maximum absolute atomic E-state index is 14.4. The van der Waals surface area contributed by atoms with Crippen LogP contribution >= 0.6 is 11.9 Å². The zero-order valence-electron chi connectivity index (χ0n) is 30.8. The van der Waals surface area contributed by atoms with Crippen molar-refractivity contribution < 1.29 is 108 Å². The number of carbonyl (C=O) groups is 5. The van der Waals surface area contributed by atoms with Gasteiger partial charge in [0.2, 0.25) is 0 Å². The quantitative estimate of drug-likeness (QED) is 0.0459. The number of amides is 1. The van der Waals surface area contributed by atoms with Gasteiger partial charge in [0.05, 0.1) is 23.0 Å². The molecule has 340 valence electrons. The van der Waals surface area contributed by atoms with E-state index in [0.717, 1.165) is 25.7 Å². The van der Waals surface area contributed by atoms with E-state index >= 15 is 0 Å². The predicted octanol–water partition coefficient (Wildman–Crippen LogP) is 3.43. The largest absolute Gasteiger partial charge is 0.613 e. The highest BCUT2D eigenvalue weighted by Gasteiger charge is 2.80. The lowest BCUT2D eigenvalue weighted by molar-refractivity contribution is -0.596. The minimum absolute atomic E-state index is 0.00659. The van der Waals surface area contributed by atoms with Crippen molar-refractivity contribution in [2.24, 2.45) is 41.4 Å². The third kappa shape index (κ3) is 8.31. The first-order valence-corrected chi connectivity index (χ1v) is 21.8. The van der Waals surface area contributed by atoms with E-state index in [-0.39, 0.29) is 24.6 Å². The third-order valence-corrected chi connectivity index (χ3v) is 14.4. The number of halogens is 8. The number of nitrogens with one attached hydrogen (secondary N) is 1. The number of hydrogen-bond acceptors (Lipinski definition) is 15. The second kappa shape index (κ2) is 15.8. The summed E-state index contributed by atoms with van der Waals surface area (Å²) < 4.78 is 191. The molecule has 1 saturated heterocycles. The molecule has 1 aromatic carbocycles. The number of hydroxylamine groups is 1. The van der Waals surface area contributed by atoms with Crippen LogP contribution in [0.5, 0.6) is 5.75 Å². The number of rotatable bonds is 14. The second-order valence-corrected chi connectivity index (χ2v) is 19.6. The first-order chi connectivity index (χ1) is 27.9. The zero-order chi connectivity index (χ0) is 45.6. The Labute approximate surface area is 343 Å². The van der Waals surface area contributed by atoms with Gasteiger partial charge in [-0.05, 0) is 74.5 Å². The highest BCUT2D eigenvalue weighted by molar-refractivity contribution is 7.94. The summed E-state index contributed by atoms with van der Waals surface area (Å²) >= 11 is -2.22. The van der Waals surface area contributed by atoms with E-state index in [1.807, 2.05) is 0 Å². The average molecular weight is 948 g/mol. The van der Waals surface area contributed by atoms with E-state index in [4.69, 9.17) is 23.3 Å². The van der Waals surface area contributed by atoms with E-state index in [1.165, 1.54) is 0 Å². The van der Waals surface area contributed by atoms with Crippen molar-refractivity contribution in [3.63, 3.8) is 0 Å². The van der Waals surface area contributed by atoms with Crippen LogP contribution in [0.2, 0.25) is 0 Å². The standard InChI is InChI=1S/C33H33F8NO16S3/c1-2-12-3-13-5-14(4-12)7-17(6-13)55-27(45)21-19-11-20-22(21)28(46)58-24(20)23(19)57-26(44)16-8-15(9-18(10-16)56-29(47)30(34,35)60(49,50)51)25(43)42(48)59-32(38,39)31(36,37)33(40,41)61(52,53)54/h8-10,12-14,17,19-24,42H,2-7,11H2,1H3,(H,49,50,51)(H,52,53,54). The number of hydrogen-bond donors (Lipinski definition) is 3. The Morgan fingerprint density at radius 3 is 2.00 bits per heavy atom. The van der Waals surface area contributed by atoms with Crippen LogP contribution in [-0.2, 0) is 48.8 Å². The van der Waals surface area contributed by atoms with Crippen molar-refractivity contribution in [3.8, 4) is 5.75 Å². The number of esters is 4. The van der Waals surface area contributed by atoms with Crippen molar-refractivity contribution >= 4 is 62.0 Å². The Morgan fingerprint density at radius 2 is 1.44 bits per heavy atom. The van der Waals surface area contributed by atoms with Crippen LogP contribution in [0.3, 0.4) is 0 Å². The van der Waals surface area contributed by atoms with Crippen molar-refractivity contribution in [2.45, 2.75) is 91.9 Å². The van der Waals surface area contributed by atoms with Crippen LogP contribution in [0.4, 0.5) is 35.1 Å². The summed E-state index contributed by atoms with van der Waals surface area (Å²) in [6.45, 7) is 2.10. The average Bonchev–Trinajstić information content (AvgIpc) is 3.77. The summed E-state index contributed by atoms with van der Waals surface area (Å²) in [5.41, 5.74) is -2.66. The van der Waals surface area contributed by atoms with Gasteiger partial charge in [0.1, 0.15) is 24.1 Å². The Morgan fingerprint density at radius 1 is 0.852 bits per heavy atom. The van der Waals surface area contributed by atoms with Crippen molar-refractivity contribution in [3.05, 3.63) is 34.5 Å². The van der Waals surface area contributed by atoms with Crippen LogP contribution < -0.4 is 9.21 Å². The first-order valence-electron chi connectivity index (χ1n) is 18.1. The molecule has 5 aliphatic rings. The number of quaternary nitrogens is 1.